The highest BCUT2D eigenvalue weighted by Gasteiger charge is 2.45. The Hall–Kier alpha value is -2.30. The molecule has 0 radical (unpaired) electrons. The first-order chi connectivity index (χ1) is 9.66. The maximum atomic E-state index is 12.3. The third-order valence-electron chi connectivity index (χ3n) is 3.50. The van der Waals surface area contributed by atoms with Crippen molar-refractivity contribution < 1.29 is 9.21 Å². The fraction of sp³-hybridized carbons (Fsp3) is 0.333. The molecule has 5 heteroatoms. The summed E-state index contributed by atoms with van der Waals surface area (Å²) in [5, 5.41) is 2.96. The van der Waals surface area contributed by atoms with E-state index in [1.807, 2.05) is 43.3 Å². The summed E-state index contributed by atoms with van der Waals surface area (Å²) in [7, 11) is 3.81. The van der Waals surface area contributed by atoms with Crippen LogP contribution in [0.1, 0.15) is 18.1 Å². The molecule has 3 rings (SSSR count). The van der Waals surface area contributed by atoms with Crippen LogP contribution in [0.25, 0.3) is 0 Å². The zero-order valence-electron chi connectivity index (χ0n) is 11.5. The molecular weight excluding hydrogens is 254 g/mol. The van der Waals surface area contributed by atoms with Crippen molar-refractivity contribution in [2.24, 2.45) is 5.92 Å². The van der Waals surface area contributed by atoms with Gasteiger partial charge in [-0.1, -0.05) is 0 Å². The van der Waals surface area contributed by atoms with Crippen molar-refractivity contribution in [3.8, 4) is 0 Å². The van der Waals surface area contributed by atoms with E-state index >= 15 is 0 Å². The van der Waals surface area contributed by atoms with Gasteiger partial charge in [0.2, 0.25) is 5.91 Å². The summed E-state index contributed by atoms with van der Waals surface area (Å²) in [5.74, 6) is 1.89. The number of carbonyl (C=O) groups is 1. The quantitative estimate of drug-likeness (QED) is 0.928. The lowest BCUT2D eigenvalue weighted by atomic mass is 10.2. The van der Waals surface area contributed by atoms with Gasteiger partial charge in [0.15, 0.2) is 5.82 Å². The number of amides is 1. The molecular formula is C15H17N3O2. The van der Waals surface area contributed by atoms with E-state index in [1.165, 1.54) is 0 Å². The molecule has 0 aliphatic heterocycles. The number of hydrogen-bond donors (Lipinski definition) is 1. The van der Waals surface area contributed by atoms with Crippen LogP contribution in [0.4, 0.5) is 11.5 Å². The first-order valence-electron chi connectivity index (χ1n) is 6.63. The number of pyridine rings is 1. The maximum Gasteiger partial charge on any atom is 0.228 e. The Morgan fingerprint density at radius 3 is 2.95 bits per heavy atom. The van der Waals surface area contributed by atoms with Crippen LogP contribution in [-0.2, 0) is 4.79 Å². The predicted octanol–water partition coefficient (Wildman–Crippen LogP) is 2.48. The van der Waals surface area contributed by atoms with Gasteiger partial charge < -0.3 is 14.6 Å². The molecule has 1 saturated carbocycles. The molecule has 0 unspecified atom stereocenters. The lowest BCUT2D eigenvalue weighted by Gasteiger charge is -2.16. The molecule has 2 aromatic heterocycles. The Morgan fingerprint density at radius 1 is 1.40 bits per heavy atom. The van der Waals surface area contributed by atoms with Gasteiger partial charge in [0.05, 0.1) is 12.0 Å². The zero-order valence-corrected chi connectivity index (χ0v) is 11.5. The molecule has 1 aliphatic carbocycles. The molecule has 2 atom stereocenters. The number of nitrogens with zero attached hydrogens (tertiary/aromatic N) is 2. The average molecular weight is 271 g/mol. The first kappa shape index (κ1) is 12.7. The van der Waals surface area contributed by atoms with Gasteiger partial charge in [0.25, 0.3) is 0 Å². The molecule has 0 saturated heterocycles. The summed E-state index contributed by atoms with van der Waals surface area (Å²) in [6.45, 7) is 0. The van der Waals surface area contributed by atoms with Crippen molar-refractivity contribution in [3.63, 3.8) is 0 Å². The number of nitrogens with one attached hydrogen (secondary N) is 1. The van der Waals surface area contributed by atoms with E-state index in [4.69, 9.17) is 4.42 Å². The number of carbonyl (C=O) groups excluding carboxylic acids is 1. The summed E-state index contributed by atoms with van der Waals surface area (Å²) >= 11 is 0. The van der Waals surface area contributed by atoms with Crippen molar-refractivity contribution in [3.05, 3.63) is 42.5 Å². The Morgan fingerprint density at radius 2 is 2.25 bits per heavy atom. The molecule has 0 spiro atoms. The molecule has 2 aromatic rings. The van der Waals surface area contributed by atoms with Gasteiger partial charge in [0, 0.05) is 32.1 Å². The van der Waals surface area contributed by atoms with Crippen molar-refractivity contribution >= 4 is 17.4 Å². The van der Waals surface area contributed by atoms with Gasteiger partial charge in [0.1, 0.15) is 5.76 Å². The SMILES string of the molecule is CN(C)c1ncccc1NC(=O)[C@H]1C[C@@H]1c1ccco1. The number of rotatable bonds is 4. The molecule has 1 aliphatic rings. The summed E-state index contributed by atoms with van der Waals surface area (Å²) in [6.07, 6.45) is 4.21. The van der Waals surface area contributed by atoms with E-state index in [-0.39, 0.29) is 17.7 Å². The van der Waals surface area contributed by atoms with Crippen molar-refractivity contribution in [1.82, 2.24) is 4.98 Å². The van der Waals surface area contributed by atoms with E-state index in [2.05, 4.69) is 10.3 Å². The minimum absolute atomic E-state index is 0.00336. The smallest absolute Gasteiger partial charge is 0.228 e. The number of anilines is 2. The van der Waals surface area contributed by atoms with E-state index in [1.54, 1.807) is 12.5 Å². The summed E-state index contributed by atoms with van der Waals surface area (Å²) in [6, 6.07) is 7.46. The fourth-order valence-corrected chi connectivity index (χ4v) is 2.38. The maximum absolute atomic E-state index is 12.3. The van der Waals surface area contributed by atoms with Gasteiger partial charge in [-0.25, -0.2) is 4.98 Å². The van der Waals surface area contributed by atoms with Crippen molar-refractivity contribution in [2.75, 3.05) is 24.3 Å². The second-order valence-electron chi connectivity index (χ2n) is 5.22. The van der Waals surface area contributed by atoms with Gasteiger partial charge in [-0.3, -0.25) is 4.79 Å². The third kappa shape index (κ3) is 2.39. The monoisotopic (exact) mass is 271 g/mol. The van der Waals surface area contributed by atoms with Crippen LogP contribution in [0, 0.1) is 5.92 Å². The zero-order chi connectivity index (χ0) is 14.1. The predicted molar refractivity (Wildman–Crippen MR) is 76.7 cm³/mol. The van der Waals surface area contributed by atoms with E-state index < -0.39 is 0 Å². The largest absolute Gasteiger partial charge is 0.469 e. The average Bonchev–Trinajstić information content (AvgIpc) is 3.05. The van der Waals surface area contributed by atoms with Crippen LogP contribution in [-0.4, -0.2) is 25.0 Å². The fourth-order valence-electron chi connectivity index (χ4n) is 2.38. The first-order valence-corrected chi connectivity index (χ1v) is 6.63. The lowest BCUT2D eigenvalue weighted by molar-refractivity contribution is -0.117. The Kier molecular flexibility index (Phi) is 3.18. The van der Waals surface area contributed by atoms with Gasteiger partial charge >= 0.3 is 0 Å². The topological polar surface area (TPSA) is 58.4 Å². The number of aromatic nitrogens is 1. The lowest BCUT2D eigenvalue weighted by Crippen LogP contribution is -2.19. The van der Waals surface area contributed by atoms with Crippen molar-refractivity contribution in [2.45, 2.75) is 12.3 Å². The highest BCUT2D eigenvalue weighted by Crippen LogP contribution is 2.48. The molecule has 1 amide bonds. The Bertz CT molecular complexity index is 607. The second-order valence-corrected chi connectivity index (χ2v) is 5.22. The highest BCUT2D eigenvalue weighted by molar-refractivity contribution is 5.97. The van der Waals surface area contributed by atoms with Gasteiger partial charge in [-0.2, -0.15) is 0 Å². The van der Waals surface area contributed by atoms with Crippen molar-refractivity contribution in [1.29, 1.82) is 0 Å². The van der Waals surface area contributed by atoms with Crippen LogP contribution < -0.4 is 10.2 Å². The minimum Gasteiger partial charge on any atom is -0.469 e. The van der Waals surface area contributed by atoms with Gasteiger partial charge in [-0.05, 0) is 30.7 Å². The molecule has 2 heterocycles. The molecule has 104 valence electrons. The van der Waals surface area contributed by atoms with Crippen LogP contribution in [0.5, 0.6) is 0 Å². The molecule has 5 nitrogen and oxygen atoms in total. The number of hydrogen-bond acceptors (Lipinski definition) is 4. The minimum atomic E-state index is -0.00336. The van der Waals surface area contributed by atoms with E-state index in [0.29, 0.717) is 0 Å². The third-order valence-corrected chi connectivity index (χ3v) is 3.50. The number of furan rings is 1. The molecule has 0 bridgehead atoms. The van der Waals surface area contributed by atoms with E-state index in [9.17, 15) is 4.79 Å². The Balaban J connectivity index is 1.69. The van der Waals surface area contributed by atoms with Gasteiger partial charge in [-0.15, -0.1) is 0 Å². The summed E-state index contributed by atoms with van der Waals surface area (Å²) in [4.78, 5) is 18.4. The van der Waals surface area contributed by atoms with Crippen LogP contribution in [0.3, 0.4) is 0 Å². The van der Waals surface area contributed by atoms with Crippen LogP contribution in [0.2, 0.25) is 0 Å². The highest BCUT2D eigenvalue weighted by atomic mass is 16.3. The molecule has 0 aromatic carbocycles. The van der Waals surface area contributed by atoms with Crippen LogP contribution in [0.15, 0.2) is 41.1 Å². The molecule has 1 fully saturated rings. The normalized spacial score (nSPS) is 20.5. The molecule has 20 heavy (non-hydrogen) atoms. The van der Waals surface area contributed by atoms with Crippen LogP contribution >= 0.6 is 0 Å². The van der Waals surface area contributed by atoms with E-state index in [0.717, 1.165) is 23.7 Å². The summed E-state index contributed by atoms with van der Waals surface area (Å²) < 4.78 is 5.35. The Labute approximate surface area is 117 Å². The standard InChI is InChI=1S/C15H17N3O2/c1-18(2)14-12(5-3-7-16-14)17-15(19)11-9-10(11)13-6-4-8-20-13/h3-8,10-11H,9H2,1-2H3,(H,17,19)/t10-,11-/m0/s1. The molecule has 1 N–H and O–H groups in total. The summed E-state index contributed by atoms with van der Waals surface area (Å²) in [5.41, 5.74) is 0.743. The second kappa shape index (κ2) is 5.00.